The molecule has 6 nitrogen and oxygen atoms in total. The van der Waals surface area contributed by atoms with Gasteiger partial charge < -0.3 is 9.47 Å². The Morgan fingerprint density at radius 1 is 1.08 bits per heavy atom. The summed E-state index contributed by atoms with van der Waals surface area (Å²) in [5, 5.41) is 0. The highest BCUT2D eigenvalue weighted by Crippen LogP contribution is 2.18. The predicted octanol–water partition coefficient (Wildman–Crippen LogP) is 3.08. The molecule has 2 amide bonds. The van der Waals surface area contributed by atoms with Crippen molar-refractivity contribution in [1.82, 2.24) is 10.9 Å². The summed E-state index contributed by atoms with van der Waals surface area (Å²) in [6.07, 6.45) is -0.769. The predicted molar refractivity (Wildman–Crippen MR) is 97.5 cm³/mol. The summed E-state index contributed by atoms with van der Waals surface area (Å²) < 4.78 is 11.7. The molecule has 7 heteroatoms. The molecule has 0 aliphatic carbocycles. The SMILES string of the molecule is CCOc1ccc(C(=O)NNC(=O)C(C)Oc2cccc(Br)c2)cc1. The Labute approximate surface area is 154 Å². The molecule has 132 valence electrons. The van der Waals surface area contributed by atoms with Crippen LogP contribution in [-0.2, 0) is 4.79 Å². The molecule has 2 rings (SSSR count). The van der Waals surface area contributed by atoms with Crippen LogP contribution in [0.4, 0.5) is 0 Å². The minimum absolute atomic E-state index is 0.407. The number of nitrogens with one attached hydrogen (secondary N) is 2. The van der Waals surface area contributed by atoms with E-state index in [9.17, 15) is 9.59 Å². The molecular formula is C18H19BrN2O4. The number of carbonyl (C=O) groups is 2. The monoisotopic (exact) mass is 406 g/mol. The van der Waals surface area contributed by atoms with Crippen LogP contribution in [0.5, 0.6) is 11.5 Å². The van der Waals surface area contributed by atoms with Crippen molar-refractivity contribution in [3.8, 4) is 11.5 Å². The van der Waals surface area contributed by atoms with Crippen LogP contribution in [0.25, 0.3) is 0 Å². The summed E-state index contributed by atoms with van der Waals surface area (Å²) in [6.45, 7) is 4.03. The molecule has 0 saturated carbocycles. The standard InChI is InChI=1S/C18H19BrN2O4/c1-3-24-15-9-7-13(8-10-15)18(23)21-20-17(22)12(2)25-16-6-4-5-14(19)11-16/h4-12H,3H2,1-2H3,(H,20,22)(H,21,23). The average molecular weight is 407 g/mol. The zero-order chi connectivity index (χ0) is 18.2. The van der Waals surface area contributed by atoms with E-state index in [0.717, 1.165) is 4.47 Å². The third-order valence-corrected chi connectivity index (χ3v) is 3.70. The van der Waals surface area contributed by atoms with E-state index in [0.29, 0.717) is 23.7 Å². The Bertz CT molecular complexity index is 734. The quantitative estimate of drug-likeness (QED) is 0.722. The molecule has 1 unspecified atom stereocenters. The van der Waals surface area contributed by atoms with Crippen molar-refractivity contribution in [2.75, 3.05) is 6.61 Å². The van der Waals surface area contributed by atoms with Gasteiger partial charge in [0, 0.05) is 10.0 Å². The van der Waals surface area contributed by atoms with Crippen LogP contribution in [0, 0.1) is 0 Å². The van der Waals surface area contributed by atoms with Crippen molar-refractivity contribution in [2.45, 2.75) is 20.0 Å². The number of hydrogen-bond donors (Lipinski definition) is 2. The molecule has 0 spiro atoms. The van der Waals surface area contributed by atoms with Crippen molar-refractivity contribution < 1.29 is 19.1 Å². The van der Waals surface area contributed by atoms with Crippen LogP contribution >= 0.6 is 15.9 Å². The Kier molecular flexibility index (Phi) is 6.82. The maximum Gasteiger partial charge on any atom is 0.279 e. The van der Waals surface area contributed by atoms with Gasteiger partial charge in [-0.15, -0.1) is 0 Å². The van der Waals surface area contributed by atoms with E-state index in [-0.39, 0.29) is 0 Å². The van der Waals surface area contributed by atoms with Gasteiger partial charge in [-0.1, -0.05) is 22.0 Å². The normalized spacial score (nSPS) is 11.3. The molecule has 2 N–H and O–H groups in total. The lowest BCUT2D eigenvalue weighted by Gasteiger charge is -2.15. The van der Waals surface area contributed by atoms with Crippen LogP contribution in [-0.4, -0.2) is 24.5 Å². The van der Waals surface area contributed by atoms with Gasteiger partial charge >= 0.3 is 0 Å². The van der Waals surface area contributed by atoms with Gasteiger partial charge in [0.1, 0.15) is 11.5 Å². The second-order valence-corrected chi connectivity index (χ2v) is 6.03. The number of hydrazine groups is 1. The van der Waals surface area contributed by atoms with Crippen LogP contribution in [0.15, 0.2) is 53.0 Å². The van der Waals surface area contributed by atoms with Gasteiger partial charge in [-0.3, -0.25) is 20.4 Å². The highest BCUT2D eigenvalue weighted by molar-refractivity contribution is 9.10. The number of benzene rings is 2. The first-order valence-corrected chi connectivity index (χ1v) is 8.54. The van der Waals surface area contributed by atoms with Crippen molar-refractivity contribution in [3.63, 3.8) is 0 Å². The summed E-state index contributed by atoms with van der Waals surface area (Å²) in [5.41, 5.74) is 5.12. The number of amides is 2. The largest absolute Gasteiger partial charge is 0.494 e. The number of carbonyl (C=O) groups excluding carboxylic acids is 2. The van der Waals surface area contributed by atoms with E-state index in [1.807, 2.05) is 13.0 Å². The maximum atomic E-state index is 12.0. The maximum absolute atomic E-state index is 12.0. The molecule has 25 heavy (non-hydrogen) atoms. The van der Waals surface area contributed by atoms with Gasteiger partial charge in [0.05, 0.1) is 6.61 Å². The topological polar surface area (TPSA) is 76.7 Å². The average Bonchev–Trinajstić information content (AvgIpc) is 2.60. The first-order valence-electron chi connectivity index (χ1n) is 7.75. The fourth-order valence-electron chi connectivity index (χ4n) is 1.96. The smallest absolute Gasteiger partial charge is 0.279 e. The minimum Gasteiger partial charge on any atom is -0.494 e. The summed E-state index contributed by atoms with van der Waals surface area (Å²) in [6, 6.07) is 13.8. The molecule has 2 aromatic carbocycles. The van der Waals surface area contributed by atoms with Crippen molar-refractivity contribution in [1.29, 1.82) is 0 Å². The first kappa shape index (κ1) is 18.8. The molecule has 0 radical (unpaired) electrons. The second-order valence-electron chi connectivity index (χ2n) is 5.12. The molecule has 0 aliphatic heterocycles. The van der Waals surface area contributed by atoms with Gasteiger partial charge in [-0.25, -0.2) is 0 Å². The molecule has 0 bridgehead atoms. The second kappa shape index (κ2) is 9.08. The zero-order valence-electron chi connectivity index (χ0n) is 13.9. The van der Waals surface area contributed by atoms with Crippen molar-refractivity contribution in [3.05, 3.63) is 58.6 Å². The molecule has 0 fully saturated rings. The fourth-order valence-corrected chi connectivity index (χ4v) is 2.34. The molecule has 0 heterocycles. The van der Waals surface area contributed by atoms with Crippen LogP contribution in [0.3, 0.4) is 0 Å². The molecule has 2 aromatic rings. The first-order chi connectivity index (χ1) is 12.0. The van der Waals surface area contributed by atoms with Gasteiger partial charge in [0.15, 0.2) is 6.10 Å². The lowest BCUT2D eigenvalue weighted by Crippen LogP contribution is -2.47. The van der Waals surface area contributed by atoms with Gasteiger partial charge in [0.25, 0.3) is 11.8 Å². The fraction of sp³-hybridized carbons (Fsp3) is 0.222. The lowest BCUT2D eigenvalue weighted by molar-refractivity contribution is -0.128. The Balaban J connectivity index is 1.84. The number of halogens is 1. The Morgan fingerprint density at radius 3 is 2.44 bits per heavy atom. The highest BCUT2D eigenvalue weighted by atomic mass is 79.9. The molecular weight excluding hydrogens is 388 g/mol. The summed E-state index contributed by atoms with van der Waals surface area (Å²) in [4.78, 5) is 24.1. The van der Waals surface area contributed by atoms with Crippen molar-refractivity contribution >= 4 is 27.7 Å². The van der Waals surface area contributed by atoms with Gasteiger partial charge in [-0.05, 0) is 56.3 Å². The molecule has 0 aliphatic rings. The van der Waals surface area contributed by atoms with E-state index in [1.54, 1.807) is 49.4 Å². The van der Waals surface area contributed by atoms with Crippen LogP contribution in [0.1, 0.15) is 24.2 Å². The van der Waals surface area contributed by atoms with E-state index in [4.69, 9.17) is 9.47 Å². The summed E-state index contributed by atoms with van der Waals surface area (Å²) >= 11 is 3.33. The minimum atomic E-state index is -0.769. The van der Waals surface area contributed by atoms with E-state index < -0.39 is 17.9 Å². The van der Waals surface area contributed by atoms with Crippen molar-refractivity contribution in [2.24, 2.45) is 0 Å². The number of rotatable bonds is 6. The third-order valence-electron chi connectivity index (χ3n) is 3.20. The summed E-state index contributed by atoms with van der Waals surface area (Å²) in [7, 11) is 0. The van der Waals surface area contributed by atoms with Crippen LogP contribution < -0.4 is 20.3 Å². The molecule has 1 atom stereocenters. The van der Waals surface area contributed by atoms with E-state index in [1.165, 1.54) is 0 Å². The van der Waals surface area contributed by atoms with E-state index in [2.05, 4.69) is 26.8 Å². The number of ether oxygens (including phenoxy) is 2. The Hall–Kier alpha value is -2.54. The lowest BCUT2D eigenvalue weighted by atomic mass is 10.2. The van der Waals surface area contributed by atoms with Gasteiger partial charge in [-0.2, -0.15) is 0 Å². The number of hydrogen-bond acceptors (Lipinski definition) is 4. The van der Waals surface area contributed by atoms with Crippen LogP contribution in [0.2, 0.25) is 0 Å². The van der Waals surface area contributed by atoms with E-state index >= 15 is 0 Å². The third kappa shape index (κ3) is 5.79. The molecule has 0 saturated heterocycles. The zero-order valence-corrected chi connectivity index (χ0v) is 15.5. The molecule has 0 aromatic heterocycles. The Morgan fingerprint density at radius 2 is 1.80 bits per heavy atom. The van der Waals surface area contributed by atoms with Gasteiger partial charge in [0.2, 0.25) is 0 Å². The highest BCUT2D eigenvalue weighted by Gasteiger charge is 2.16. The summed E-state index contributed by atoms with van der Waals surface area (Å²) in [5.74, 6) is 0.347.